The van der Waals surface area contributed by atoms with Crippen molar-refractivity contribution in [2.24, 2.45) is 0 Å². The molecule has 230 valence electrons. The highest BCUT2D eigenvalue weighted by Gasteiger charge is 2.29. The predicted molar refractivity (Wildman–Crippen MR) is 190 cm³/mol. The Labute approximate surface area is 274 Å². The molecule has 0 spiro atoms. The lowest BCUT2D eigenvalue weighted by Gasteiger charge is -2.30. The van der Waals surface area contributed by atoms with Gasteiger partial charge >= 0.3 is 0 Å². The predicted octanol–water partition coefficient (Wildman–Crippen LogP) is 11.0. The Hall–Kier alpha value is -5.08. The fourth-order valence-corrected chi connectivity index (χ4v) is 6.95. The van der Waals surface area contributed by atoms with Gasteiger partial charge in [-0.05, 0) is 75.2 Å². The Morgan fingerprint density at radius 3 is 1.02 bits per heavy atom. The Kier molecular flexibility index (Phi) is 9.95. The minimum atomic E-state index is 0.0487. The summed E-state index contributed by atoms with van der Waals surface area (Å²) < 4.78 is 11.7. The maximum atomic E-state index is 5.87. The van der Waals surface area contributed by atoms with Crippen LogP contribution in [0, 0.1) is 0 Å². The van der Waals surface area contributed by atoms with Gasteiger partial charge < -0.3 is 9.47 Å². The largest absolute Gasteiger partial charge is 0.497 e. The van der Waals surface area contributed by atoms with Crippen LogP contribution in [0.3, 0.4) is 0 Å². The molecule has 0 N–H and O–H groups in total. The number of hydrogen-bond acceptors (Lipinski definition) is 2. The molecule has 0 aromatic heterocycles. The first kappa shape index (κ1) is 30.9. The van der Waals surface area contributed by atoms with Crippen LogP contribution in [0.4, 0.5) is 0 Å². The van der Waals surface area contributed by atoms with Crippen LogP contribution in [0.5, 0.6) is 11.5 Å². The second-order valence-electron chi connectivity index (χ2n) is 11.8. The van der Waals surface area contributed by atoms with Gasteiger partial charge in [0.2, 0.25) is 0 Å². The van der Waals surface area contributed by atoms with Crippen LogP contribution in [0.1, 0.15) is 82.0 Å². The molecule has 46 heavy (non-hydrogen) atoms. The fraction of sp³-hybridized carbons (Fsp3) is 0.182. The molecule has 2 nitrogen and oxygen atoms in total. The molecule has 6 rings (SSSR count). The normalized spacial score (nSPS) is 11.3. The fourth-order valence-electron chi connectivity index (χ4n) is 6.95. The molecule has 0 fully saturated rings. The van der Waals surface area contributed by atoms with Crippen LogP contribution in [0.15, 0.2) is 158 Å². The Balaban J connectivity index is 1.61. The molecule has 0 aliphatic rings. The molecule has 0 atom stereocenters. The van der Waals surface area contributed by atoms with Gasteiger partial charge in [-0.15, -0.1) is 0 Å². The second kappa shape index (κ2) is 14.8. The average molecular weight is 603 g/mol. The van der Waals surface area contributed by atoms with Gasteiger partial charge in [0.05, 0.1) is 14.2 Å². The lowest BCUT2D eigenvalue weighted by molar-refractivity contribution is 0.413. The topological polar surface area (TPSA) is 18.5 Å². The average Bonchev–Trinajstić information content (AvgIpc) is 3.13. The first-order valence-electron chi connectivity index (χ1n) is 16.3. The van der Waals surface area contributed by atoms with E-state index in [9.17, 15) is 0 Å². The summed E-state index contributed by atoms with van der Waals surface area (Å²) in [5, 5.41) is 0. The van der Waals surface area contributed by atoms with Crippen LogP contribution in [0.25, 0.3) is 0 Å². The molecule has 0 saturated heterocycles. The highest BCUT2D eigenvalue weighted by atomic mass is 16.5. The van der Waals surface area contributed by atoms with Crippen molar-refractivity contribution in [3.63, 3.8) is 0 Å². The molecule has 0 radical (unpaired) electrons. The summed E-state index contributed by atoms with van der Waals surface area (Å²) >= 11 is 0. The van der Waals surface area contributed by atoms with E-state index in [1.807, 2.05) is 0 Å². The van der Waals surface area contributed by atoms with E-state index in [0.717, 1.165) is 24.3 Å². The van der Waals surface area contributed by atoms with Crippen molar-refractivity contribution in [1.29, 1.82) is 0 Å². The first-order valence-corrected chi connectivity index (χ1v) is 16.3. The quantitative estimate of drug-likeness (QED) is 0.130. The third kappa shape index (κ3) is 6.62. The highest BCUT2D eigenvalue weighted by molar-refractivity contribution is 5.56. The van der Waals surface area contributed by atoms with Gasteiger partial charge in [0.1, 0.15) is 11.5 Å². The Morgan fingerprint density at radius 2 is 0.739 bits per heavy atom. The van der Waals surface area contributed by atoms with Crippen molar-refractivity contribution in [1.82, 2.24) is 0 Å². The molecule has 6 aromatic rings. The van der Waals surface area contributed by atoms with Crippen molar-refractivity contribution in [3.8, 4) is 11.5 Å². The van der Waals surface area contributed by atoms with E-state index in [0.29, 0.717) is 0 Å². The van der Waals surface area contributed by atoms with Crippen molar-refractivity contribution >= 4 is 0 Å². The molecule has 0 amide bonds. The van der Waals surface area contributed by atoms with Gasteiger partial charge in [0.15, 0.2) is 0 Å². The van der Waals surface area contributed by atoms with Crippen LogP contribution in [0.2, 0.25) is 0 Å². The van der Waals surface area contributed by atoms with E-state index < -0.39 is 0 Å². The van der Waals surface area contributed by atoms with E-state index in [2.05, 4.69) is 165 Å². The summed E-state index contributed by atoms with van der Waals surface area (Å²) in [4.78, 5) is 0. The molecule has 0 aliphatic heterocycles. The zero-order chi connectivity index (χ0) is 31.7. The van der Waals surface area contributed by atoms with Gasteiger partial charge in [-0.25, -0.2) is 0 Å². The summed E-state index contributed by atoms with van der Waals surface area (Å²) in [6.45, 7) is 2.29. The lowest BCUT2D eigenvalue weighted by Crippen LogP contribution is -2.15. The van der Waals surface area contributed by atoms with Crippen LogP contribution >= 0.6 is 0 Å². The van der Waals surface area contributed by atoms with E-state index >= 15 is 0 Å². The second-order valence-corrected chi connectivity index (χ2v) is 11.8. The summed E-state index contributed by atoms with van der Waals surface area (Å²) in [6, 6.07) is 56.8. The third-order valence-electron chi connectivity index (χ3n) is 9.07. The Bertz CT molecular complexity index is 1600. The standard InChI is InChI=1S/C44H42O2/c1-4-17-38(39-28-26-36(45-2)30-41(39)43(32-18-9-5-10-19-32)33-20-11-6-12-21-33)40-29-27-37(46-3)31-42(40)44(34-22-13-7-14-23-34)35-24-15-8-16-25-35/h5-16,18-31,38,43-44H,4,17H2,1-3H3. The van der Waals surface area contributed by atoms with Gasteiger partial charge in [-0.1, -0.05) is 147 Å². The lowest BCUT2D eigenvalue weighted by atomic mass is 9.73. The van der Waals surface area contributed by atoms with Crippen LogP contribution in [-0.4, -0.2) is 14.2 Å². The Morgan fingerprint density at radius 1 is 0.413 bits per heavy atom. The zero-order valence-corrected chi connectivity index (χ0v) is 27.0. The number of methoxy groups -OCH3 is 2. The molecule has 6 aromatic carbocycles. The van der Waals surface area contributed by atoms with Gasteiger partial charge in [0.25, 0.3) is 0 Å². The number of ether oxygens (including phenoxy) is 2. The van der Waals surface area contributed by atoms with E-state index in [1.54, 1.807) is 14.2 Å². The van der Waals surface area contributed by atoms with Crippen molar-refractivity contribution in [3.05, 3.63) is 202 Å². The summed E-state index contributed by atoms with van der Waals surface area (Å²) in [7, 11) is 3.52. The maximum absolute atomic E-state index is 5.87. The summed E-state index contributed by atoms with van der Waals surface area (Å²) in [6.07, 6.45) is 2.05. The minimum absolute atomic E-state index is 0.0487. The molecular formula is C44H42O2. The molecule has 0 bridgehead atoms. The smallest absolute Gasteiger partial charge is 0.119 e. The van der Waals surface area contributed by atoms with Gasteiger partial charge in [-0.3, -0.25) is 0 Å². The van der Waals surface area contributed by atoms with Gasteiger partial charge in [-0.2, -0.15) is 0 Å². The molecule has 0 saturated carbocycles. The van der Waals surface area contributed by atoms with Crippen LogP contribution in [-0.2, 0) is 0 Å². The van der Waals surface area contributed by atoms with E-state index in [-0.39, 0.29) is 17.8 Å². The van der Waals surface area contributed by atoms with E-state index in [1.165, 1.54) is 44.5 Å². The first-order chi connectivity index (χ1) is 22.7. The number of rotatable bonds is 12. The van der Waals surface area contributed by atoms with Crippen molar-refractivity contribution in [2.75, 3.05) is 14.2 Å². The molecule has 0 heterocycles. The molecule has 0 unspecified atom stereocenters. The summed E-state index contributed by atoms with van der Waals surface area (Å²) in [5.41, 5.74) is 10.2. The maximum Gasteiger partial charge on any atom is 0.119 e. The zero-order valence-electron chi connectivity index (χ0n) is 27.0. The summed E-state index contributed by atoms with van der Waals surface area (Å²) in [5.74, 6) is 1.98. The SMILES string of the molecule is CCCC(c1ccc(OC)cc1C(c1ccccc1)c1ccccc1)c1ccc(OC)cc1C(c1ccccc1)c1ccccc1. The molecule has 2 heteroatoms. The minimum Gasteiger partial charge on any atom is -0.497 e. The highest BCUT2D eigenvalue weighted by Crippen LogP contribution is 2.45. The molecule has 0 aliphatic carbocycles. The number of hydrogen-bond donors (Lipinski definition) is 0. The third-order valence-corrected chi connectivity index (χ3v) is 9.07. The van der Waals surface area contributed by atoms with Gasteiger partial charge in [0, 0.05) is 17.8 Å². The number of benzene rings is 6. The van der Waals surface area contributed by atoms with Crippen molar-refractivity contribution < 1.29 is 9.47 Å². The van der Waals surface area contributed by atoms with E-state index in [4.69, 9.17) is 9.47 Å². The monoisotopic (exact) mass is 602 g/mol. The van der Waals surface area contributed by atoms with Crippen molar-refractivity contribution in [2.45, 2.75) is 37.5 Å². The van der Waals surface area contributed by atoms with Crippen LogP contribution < -0.4 is 9.47 Å². The molecular weight excluding hydrogens is 560 g/mol.